The Hall–Kier alpha value is -2.77. The molecule has 1 aromatic heterocycles. The summed E-state index contributed by atoms with van der Waals surface area (Å²) in [6.07, 6.45) is 0.525. The number of halogens is 2. The molecular formula is C24H23F2NO3S. The second kappa shape index (κ2) is 8.77. The van der Waals surface area contributed by atoms with Gasteiger partial charge in [0.1, 0.15) is 11.6 Å². The predicted octanol–water partition coefficient (Wildman–Crippen LogP) is 5.87. The molecule has 0 aliphatic carbocycles. The van der Waals surface area contributed by atoms with E-state index in [0.29, 0.717) is 30.5 Å². The van der Waals surface area contributed by atoms with Gasteiger partial charge in [0.05, 0.1) is 6.04 Å². The molecule has 0 radical (unpaired) electrons. The molecule has 7 heteroatoms. The van der Waals surface area contributed by atoms with Crippen molar-refractivity contribution in [3.63, 3.8) is 0 Å². The minimum Gasteiger partial charge on any atom is -0.437 e. The van der Waals surface area contributed by atoms with Crippen LogP contribution in [0.15, 0.2) is 60.0 Å². The lowest BCUT2D eigenvalue weighted by atomic mass is 9.91. The van der Waals surface area contributed by atoms with Crippen molar-refractivity contribution >= 4 is 17.4 Å². The summed E-state index contributed by atoms with van der Waals surface area (Å²) in [5, 5.41) is 11.5. The molecule has 1 aliphatic rings. The van der Waals surface area contributed by atoms with Gasteiger partial charge in [-0.1, -0.05) is 30.3 Å². The van der Waals surface area contributed by atoms with Gasteiger partial charge in [0, 0.05) is 42.5 Å². The normalized spacial score (nSPS) is 19.9. The number of cyclic esters (lactones) is 1. The van der Waals surface area contributed by atoms with Gasteiger partial charge in [-0.05, 0) is 41.6 Å². The molecule has 3 aromatic rings. The lowest BCUT2D eigenvalue weighted by molar-refractivity contribution is -0.0697. The number of ether oxygens (including phenoxy) is 1. The molecule has 0 unspecified atom stereocenters. The third kappa shape index (κ3) is 4.20. The molecule has 0 spiro atoms. The fourth-order valence-electron chi connectivity index (χ4n) is 4.06. The van der Waals surface area contributed by atoms with Crippen molar-refractivity contribution < 1.29 is 23.4 Å². The number of carbonyl (C=O) groups is 1. The quantitative estimate of drug-likeness (QED) is 0.518. The maximum atomic E-state index is 14.1. The van der Waals surface area contributed by atoms with Crippen molar-refractivity contribution in [1.29, 1.82) is 0 Å². The topological polar surface area (TPSA) is 49.8 Å². The van der Waals surface area contributed by atoms with Crippen molar-refractivity contribution in [2.75, 3.05) is 13.2 Å². The van der Waals surface area contributed by atoms with Gasteiger partial charge in [-0.25, -0.2) is 13.6 Å². The van der Waals surface area contributed by atoms with E-state index in [-0.39, 0.29) is 12.6 Å². The Morgan fingerprint density at radius 3 is 2.58 bits per heavy atom. The Morgan fingerprint density at radius 2 is 1.97 bits per heavy atom. The van der Waals surface area contributed by atoms with Crippen LogP contribution in [-0.2, 0) is 10.3 Å². The second-order valence-corrected chi connectivity index (χ2v) is 8.63. The molecule has 31 heavy (non-hydrogen) atoms. The highest BCUT2D eigenvalue weighted by Gasteiger charge is 2.43. The molecule has 1 N–H and O–H groups in total. The Labute approximate surface area is 183 Å². The first-order valence-corrected chi connectivity index (χ1v) is 11.0. The number of amides is 1. The van der Waals surface area contributed by atoms with Crippen molar-refractivity contribution in [1.82, 2.24) is 4.90 Å². The molecule has 0 saturated carbocycles. The van der Waals surface area contributed by atoms with Gasteiger partial charge in [0.25, 0.3) is 0 Å². The first kappa shape index (κ1) is 21.5. The monoisotopic (exact) mass is 443 g/mol. The van der Waals surface area contributed by atoms with Gasteiger partial charge < -0.3 is 14.7 Å². The van der Waals surface area contributed by atoms with E-state index in [1.54, 1.807) is 17.0 Å². The first-order valence-electron chi connectivity index (χ1n) is 10.1. The van der Waals surface area contributed by atoms with Gasteiger partial charge in [-0.15, -0.1) is 11.3 Å². The number of aliphatic hydroxyl groups excluding tert-OH is 1. The Morgan fingerprint density at radius 1 is 1.19 bits per heavy atom. The van der Waals surface area contributed by atoms with Crippen LogP contribution in [0.25, 0.3) is 11.1 Å². The highest BCUT2D eigenvalue weighted by molar-refractivity contribution is 7.10. The minimum absolute atomic E-state index is 0.0673. The van der Waals surface area contributed by atoms with Crippen molar-refractivity contribution in [2.45, 2.75) is 31.4 Å². The number of nitrogens with zero attached hydrogens (tertiary/aromatic N) is 1. The van der Waals surface area contributed by atoms with Crippen molar-refractivity contribution in [3.05, 3.63) is 82.1 Å². The fraction of sp³-hybridized carbons (Fsp3) is 0.292. The summed E-state index contributed by atoms with van der Waals surface area (Å²) in [4.78, 5) is 15.5. The summed E-state index contributed by atoms with van der Waals surface area (Å²) in [5.41, 5.74) is 1.05. The smallest absolute Gasteiger partial charge is 0.411 e. The van der Waals surface area contributed by atoms with Gasteiger partial charge in [0.2, 0.25) is 0 Å². The van der Waals surface area contributed by atoms with Crippen LogP contribution in [0.2, 0.25) is 0 Å². The van der Waals surface area contributed by atoms with Gasteiger partial charge in [-0.3, -0.25) is 0 Å². The number of aliphatic hydroxyl groups is 1. The number of rotatable bonds is 6. The van der Waals surface area contributed by atoms with Crippen molar-refractivity contribution in [2.24, 2.45) is 0 Å². The average molecular weight is 444 g/mol. The highest BCUT2D eigenvalue weighted by atomic mass is 32.1. The summed E-state index contributed by atoms with van der Waals surface area (Å²) in [5.74, 6) is -1.23. The molecule has 2 aromatic carbocycles. The molecule has 2 heterocycles. The third-order valence-corrected chi connectivity index (χ3v) is 6.92. The van der Waals surface area contributed by atoms with Crippen molar-refractivity contribution in [3.8, 4) is 11.1 Å². The largest absolute Gasteiger partial charge is 0.437 e. The Bertz CT molecular complexity index is 1060. The second-order valence-electron chi connectivity index (χ2n) is 7.68. The van der Waals surface area contributed by atoms with Crippen LogP contribution in [0.4, 0.5) is 13.6 Å². The van der Waals surface area contributed by atoms with Gasteiger partial charge in [-0.2, -0.15) is 0 Å². The van der Waals surface area contributed by atoms with Crippen LogP contribution < -0.4 is 0 Å². The number of carbonyl (C=O) groups excluding carboxylic acids is 1. The highest BCUT2D eigenvalue weighted by Crippen LogP contribution is 2.41. The zero-order chi connectivity index (χ0) is 22.0. The molecule has 1 saturated heterocycles. The standard InChI is InChI=1S/C24H23F2NO3S/c1-16(17-4-6-18(7-5-17)20-9-8-19(25)15-21(20)26)27-12-10-24(11-13-28,30-23(27)29)22-3-2-14-31-22/h2-9,14-16,28H,10-13H2,1H3/t16-,24-/m0/s1. The fourth-order valence-corrected chi connectivity index (χ4v) is 4.98. The van der Waals surface area contributed by atoms with E-state index >= 15 is 0 Å². The van der Waals surface area contributed by atoms with Crippen LogP contribution in [0, 0.1) is 11.6 Å². The van der Waals surface area contributed by atoms with Crippen LogP contribution >= 0.6 is 11.3 Å². The molecule has 4 nitrogen and oxygen atoms in total. The third-order valence-electron chi connectivity index (χ3n) is 5.86. The molecule has 0 bridgehead atoms. The summed E-state index contributed by atoms with van der Waals surface area (Å²) in [6.45, 7) is 2.34. The number of hydrogen-bond acceptors (Lipinski definition) is 4. The molecule has 2 atom stereocenters. The molecule has 4 rings (SSSR count). The van der Waals surface area contributed by atoms with Gasteiger partial charge >= 0.3 is 6.09 Å². The van der Waals surface area contributed by atoms with E-state index in [2.05, 4.69) is 0 Å². The summed E-state index contributed by atoms with van der Waals surface area (Å²) in [6, 6.07) is 14.3. The molecule has 162 valence electrons. The van der Waals surface area contributed by atoms with E-state index in [1.807, 2.05) is 36.6 Å². The molecule has 1 aliphatic heterocycles. The Kier molecular flexibility index (Phi) is 6.07. The summed E-state index contributed by atoms with van der Waals surface area (Å²) < 4.78 is 33.1. The average Bonchev–Trinajstić information content (AvgIpc) is 3.30. The maximum Gasteiger partial charge on any atom is 0.411 e. The molecule has 1 amide bonds. The van der Waals surface area contributed by atoms with Crippen LogP contribution in [0.3, 0.4) is 0 Å². The minimum atomic E-state index is -0.791. The zero-order valence-electron chi connectivity index (χ0n) is 17.1. The molecule has 1 fully saturated rings. The number of benzene rings is 2. The Balaban J connectivity index is 1.51. The lowest BCUT2D eigenvalue weighted by Crippen LogP contribution is -2.48. The van der Waals surface area contributed by atoms with Gasteiger partial charge in [0.15, 0.2) is 5.60 Å². The summed E-state index contributed by atoms with van der Waals surface area (Å²) in [7, 11) is 0. The van der Waals surface area contributed by atoms with Crippen LogP contribution in [0.5, 0.6) is 0 Å². The SMILES string of the molecule is C[C@@H](c1ccc(-c2ccc(F)cc2F)cc1)N1CC[C@](CCO)(c2cccs2)OC1=O. The van der Waals surface area contributed by atoms with E-state index < -0.39 is 23.3 Å². The molecular weight excluding hydrogens is 420 g/mol. The first-order chi connectivity index (χ1) is 14.9. The van der Waals surface area contributed by atoms with Crippen LogP contribution in [0.1, 0.15) is 36.2 Å². The lowest BCUT2D eigenvalue weighted by Gasteiger charge is -2.42. The summed E-state index contributed by atoms with van der Waals surface area (Å²) >= 11 is 1.52. The van der Waals surface area contributed by atoms with E-state index in [1.165, 1.54) is 23.5 Å². The predicted molar refractivity (Wildman–Crippen MR) is 116 cm³/mol. The maximum absolute atomic E-state index is 14.1. The number of thiophene rings is 1. The van der Waals surface area contributed by atoms with E-state index in [0.717, 1.165) is 16.5 Å². The number of hydrogen-bond donors (Lipinski definition) is 1. The zero-order valence-corrected chi connectivity index (χ0v) is 17.9. The van der Waals surface area contributed by atoms with E-state index in [9.17, 15) is 18.7 Å². The van der Waals surface area contributed by atoms with Crippen LogP contribution in [-0.4, -0.2) is 29.3 Å². The van der Waals surface area contributed by atoms with E-state index in [4.69, 9.17) is 4.74 Å².